The van der Waals surface area contributed by atoms with E-state index >= 15 is 0 Å². The zero-order chi connectivity index (χ0) is 12.3. The molecule has 6 heteroatoms. The van der Waals surface area contributed by atoms with Crippen LogP contribution in [0.25, 0.3) is 0 Å². The van der Waals surface area contributed by atoms with E-state index in [0.29, 0.717) is 11.6 Å². The number of piperidine rings is 1. The van der Waals surface area contributed by atoms with Crippen molar-refractivity contribution < 1.29 is 4.74 Å². The highest BCUT2D eigenvalue weighted by molar-refractivity contribution is 6.32. The van der Waals surface area contributed by atoms with E-state index in [2.05, 4.69) is 14.9 Å². The largest absolute Gasteiger partial charge is 0.381 e. The summed E-state index contributed by atoms with van der Waals surface area (Å²) in [6, 6.07) is 0.223. The van der Waals surface area contributed by atoms with Crippen molar-refractivity contribution in [2.24, 2.45) is 5.73 Å². The highest BCUT2D eigenvalue weighted by Gasteiger charge is 2.29. The maximum atomic E-state index is 6.11. The van der Waals surface area contributed by atoms with E-state index in [1.807, 2.05) is 0 Å². The predicted molar refractivity (Wildman–Crippen MR) is 67.3 cm³/mol. The van der Waals surface area contributed by atoms with Gasteiger partial charge in [-0.1, -0.05) is 11.6 Å². The second kappa shape index (κ2) is 5.62. The minimum atomic E-state index is 0.223. The lowest BCUT2D eigenvalue weighted by molar-refractivity contribution is 0.0708. The summed E-state index contributed by atoms with van der Waals surface area (Å²) in [5.74, 6) is 0.770. The van der Waals surface area contributed by atoms with Crippen LogP contribution >= 0.6 is 11.6 Å². The normalized spacial score (nSPS) is 25.0. The van der Waals surface area contributed by atoms with Crippen molar-refractivity contribution in [2.75, 3.05) is 25.1 Å². The van der Waals surface area contributed by atoms with Gasteiger partial charge in [0.15, 0.2) is 5.82 Å². The zero-order valence-corrected chi connectivity index (χ0v) is 10.6. The first-order valence-corrected chi connectivity index (χ1v) is 6.09. The van der Waals surface area contributed by atoms with E-state index in [4.69, 9.17) is 22.1 Å². The molecule has 0 bridgehead atoms. The molecule has 0 saturated carbocycles. The predicted octanol–water partition coefficient (Wildman–Crippen LogP) is 1.07. The van der Waals surface area contributed by atoms with E-state index in [9.17, 15) is 0 Å². The van der Waals surface area contributed by atoms with Gasteiger partial charge >= 0.3 is 0 Å². The third-order valence-corrected chi connectivity index (χ3v) is 3.46. The second-order valence-corrected chi connectivity index (χ2v) is 4.57. The fourth-order valence-electron chi connectivity index (χ4n) is 2.25. The molecule has 5 nitrogen and oxygen atoms in total. The van der Waals surface area contributed by atoms with Crippen LogP contribution in [0, 0.1) is 0 Å². The number of anilines is 1. The van der Waals surface area contributed by atoms with Gasteiger partial charge in [-0.15, -0.1) is 0 Å². The monoisotopic (exact) mass is 256 g/mol. The number of nitrogens with zero attached hydrogens (tertiary/aromatic N) is 3. The topological polar surface area (TPSA) is 64.3 Å². The summed E-state index contributed by atoms with van der Waals surface area (Å²) < 4.78 is 5.39. The molecule has 2 N–H and O–H groups in total. The van der Waals surface area contributed by atoms with Crippen LogP contribution in [0.1, 0.15) is 12.8 Å². The number of halogens is 1. The SMILES string of the molecule is COC1CCN(c2ncncc2Cl)C(CN)C1. The van der Waals surface area contributed by atoms with Crippen molar-refractivity contribution in [1.82, 2.24) is 9.97 Å². The van der Waals surface area contributed by atoms with Crippen molar-refractivity contribution in [3.63, 3.8) is 0 Å². The summed E-state index contributed by atoms with van der Waals surface area (Å²) in [7, 11) is 1.74. The Balaban J connectivity index is 2.18. The Morgan fingerprint density at radius 2 is 2.47 bits per heavy atom. The third kappa shape index (κ3) is 2.68. The Labute approximate surface area is 106 Å². The van der Waals surface area contributed by atoms with E-state index in [0.717, 1.165) is 25.2 Å². The molecule has 1 saturated heterocycles. The molecule has 2 heterocycles. The van der Waals surface area contributed by atoms with Gasteiger partial charge < -0.3 is 15.4 Å². The lowest BCUT2D eigenvalue weighted by Crippen LogP contribution is -2.49. The van der Waals surface area contributed by atoms with Crippen LogP contribution in [-0.4, -0.2) is 42.3 Å². The number of methoxy groups -OCH3 is 1. The van der Waals surface area contributed by atoms with E-state index in [-0.39, 0.29) is 12.1 Å². The molecule has 2 atom stereocenters. The second-order valence-electron chi connectivity index (χ2n) is 4.16. The molecule has 2 rings (SSSR count). The van der Waals surface area contributed by atoms with Gasteiger partial charge in [0.1, 0.15) is 11.3 Å². The average molecular weight is 257 g/mol. The van der Waals surface area contributed by atoms with Crippen LogP contribution in [0.4, 0.5) is 5.82 Å². The van der Waals surface area contributed by atoms with Crippen LogP contribution in [-0.2, 0) is 4.74 Å². The van der Waals surface area contributed by atoms with Crippen LogP contribution in [0.3, 0.4) is 0 Å². The van der Waals surface area contributed by atoms with Gasteiger partial charge in [-0.3, -0.25) is 0 Å². The molecular formula is C11H17ClN4O. The van der Waals surface area contributed by atoms with Crippen LogP contribution in [0.2, 0.25) is 5.02 Å². The fraction of sp³-hybridized carbons (Fsp3) is 0.636. The average Bonchev–Trinajstić information content (AvgIpc) is 2.38. The van der Waals surface area contributed by atoms with Crippen LogP contribution < -0.4 is 10.6 Å². The summed E-state index contributed by atoms with van der Waals surface area (Å²) in [5.41, 5.74) is 5.81. The molecular weight excluding hydrogens is 240 g/mol. The Bertz CT molecular complexity index is 376. The zero-order valence-electron chi connectivity index (χ0n) is 9.84. The third-order valence-electron chi connectivity index (χ3n) is 3.19. The van der Waals surface area contributed by atoms with Gasteiger partial charge in [0.25, 0.3) is 0 Å². The van der Waals surface area contributed by atoms with Gasteiger partial charge in [0.2, 0.25) is 0 Å². The van der Waals surface area contributed by atoms with Gasteiger partial charge in [-0.25, -0.2) is 9.97 Å². The highest BCUT2D eigenvalue weighted by atomic mass is 35.5. The van der Waals surface area contributed by atoms with Crippen LogP contribution in [0.15, 0.2) is 12.5 Å². The number of rotatable bonds is 3. The fourth-order valence-corrected chi connectivity index (χ4v) is 2.46. The molecule has 17 heavy (non-hydrogen) atoms. The molecule has 0 aliphatic carbocycles. The summed E-state index contributed by atoms with van der Waals surface area (Å²) in [4.78, 5) is 10.3. The summed E-state index contributed by atoms with van der Waals surface area (Å²) in [6.07, 6.45) is 5.28. The lowest BCUT2D eigenvalue weighted by atomic mass is 9.99. The molecule has 1 fully saturated rings. The molecule has 2 unspecified atom stereocenters. The van der Waals surface area contributed by atoms with E-state index < -0.39 is 0 Å². The van der Waals surface area contributed by atoms with Gasteiger partial charge in [0, 0.05) is 26.2 Å². The minimum Gasteiger partial charge on any atom is -0.381 e. The van der Waals surface area contributed by atoms with E-state index in [1.165, 1.54) is 6.33 Å². The van der Waals surface area contributed by atoms with Crippen molar-refractivity contribution in [3.8, 4) is 0 Å². The Morgan fingerprint density at radius 1 is 1.65 bits per heavy atom. The highest BCUT2D eigenvalue weighted by Crippen LogP contribution is 2.28. The maximum Gasteiger partial charge on any atom is 0.151 e. The number of aromatic nitrogens is 2. The Morgan fingerprint density at radius 3 is 3.12 bits per heavy atom. The number of hydrogen-bond donors (Lipinski definition) is 1. The summed E-state index contributed by atoms with van der Waals surface area (Å²) in [6.45, 7) is 1.43. The molecule has 0 spiro atoms. The number of nitrogens with two attached hydrogens (primary N) is 1. The van der Waals surface area contributed by atoms with Gasteiger partial charge in [0.05, 0.1) is 12.3 Å². The van der Waals surface area contributed by atoms with Crippen LogP contribution in [0.5, 0.6) is 0 Å². The molecule has 1 aliphatic heterocycles. The first-order chi connectivity index (χ1) is 8.26. The molecule has 0 radical (unpaired) electrons. The molecule has 0 amide bonds. The maximum absolute atomic E-state index is 6.11. The van der Waals surface area contributed by atoms with E-state index in [1.54, 1.807) is 13.3 Å². The van der Waals surface area contributed by atoms with Crippen molar-refractivity contribution in [3.05, 3.63) is 17.5 Å². The molecule has 1 aromatic heterocycles. The minimum absolute atomic E-state index is 0.223. The van der Waals surface area contributed by atoms with Crippen molar-refractivity contribution in [2.45, 2.75) is 25.0 Å². The smallest absolute Gasteiger partial charge is 0.151 e. The number of hydrogen-bond acceptors (Lipinski definition) is 5. The molecule has 1 aromatic rings. The van der Waals surface area contributed by atoms with Gasteiger partial charge in [-0.05, 0) is 12.8 Å². The molecule has 94 valence electrons. The quantitative estimate of drug-likeness (QED) is 0.877. The Kier molecular flexibility index (Phi) is 4.15. The first-order valence-electron chi connectivity index (χ1n) is 5.71. The summed E-state index contributed by atoms with van der Waals surface area (Å²) in [5, 5.41) is 0.571. The lowest BCUT2D eigenvalue weighted by Gasteiger charge is -2.39. The van der Waals surface area contributed by atoms with Crippen molar-refractivity contribution >= 4 is 17.4 Å². The Hall–Kier alpha value is -0.910. The number of ether oxygens (including phenoxy) is 1. The molecule has 0 aromatic carbocycles. The first kappa shape index (κ1) is 12.5. The van der Waals surface area contributed by atoms with Gasteiger partial charge in [-0.2, -0.15) is 0 Å². The summed E-state index contributed by atoms with van der Waals surface area (Å²) >= 11 is 6.11. The van der Waals surface area contributed by atoms with Crippen molar-refractivity contribution in [1.29, 1.82) is 0 Å². The standard InChI is InChI=1S/C11H17ClN4O/c1-17-9-2-3-16(8(4-9)5-13)11-10(12)6-14-7-15-11/h6-9H,2-5,13H2,1H3. The molecule has 1 aliphatic rings.